The molecule has 0 aromatic carbocycles. The van der Waals surface area contributed by atoms with Crippen LogP contribution in [0, 0.1) is 0 Å². The minimum atomic E-state index is -0.790. The fourth-order valence-corrected chi connectivity index (χ4v) is 2.90. The Balaban J connectivity index is 2.10. The van der Waals surface area contributed by atoms with Gasteiger partial charge in [-0.05, 0) is 12.5 Å². The molecule has 2 aromatic heterocycles. The number of esters is 2. The molecule has 0 spiro atoms. The number of rotatable bonds is 7. The second-order valence-corrected chi connectivity index (χ2v) is 6.12. The smallest absolute Gasteiger partial charge is 0.303 e. The van der Waals surface area contributed by atoms with E-state index in [1.54, 1.807) is 6.07 Å². The molecule has 2 heterocycles. The zero-order chi connectivity index (χ0) is 17.7. The van der Waals surface area contributed by atoms with Gasteiger partial charge < -0.3 is 14.2 Å². The Morgan fingerprint density at radius 2 is 2.04 bits per heavy atom. The van der Waals surface area contributed by atoms with E-state index in [4.69, 9.17) is 14.2 Å². The predicted octanol–water partition coefficient (Wildman–Crippen LogP) is 1.42. The molecule has 24 heavy (non-hydrogen) atoms. The Morgan fingerprint density at radius 3 is 2.67 bits per heavy atom. The molecule has 2 rings (SSSR count). The Kier molecular flexibility index (Phi) is 5.91. The monoisotopic (exact) mass is 354 g/mol. The third-order valence-electron chi connectivity index (χ3n) is 2.99. The third-order valence-corrected chi connectivity index (χ3v) is 4.16. The van der Waals surface area contributed by atoms with Crippen molar-refractivity contribution in [1.82, 2.24) is 9.97 Å². The largest absolute Gasteiger partial charge is 0.462 e. The second kappa shape index (κ2) is 7.91. The molecule has 8 nitrogen and oxygen atoms in total. The van der Waals surface area contributed by atoms with Crippen LogP contribution in [0.3, 0.4) is 0 Å². The maximum atomic E-state index is 12.0. The topological polar surface area (TPSA) is 108 Å². The summed E-state index contributed by atoms with van der Waals surface area (Å²) in [5.74, 6) is -1.02. The van der Waals surface area contributed by atoms with Crippen molar-refractivity contribution >= 4 is 33.5 Å². The van der Waals surface area contributed by atoms with Gasteiger partial charge in [0.1, 0.15) is 18.0 Å². The minimum Gasteiger partial charge on any atom is -0.462 e. The highest BCUT2D eigenvalue weighted by Crippen LogP contribution is 2.22. The van der Waals surface area contributed by atoms with E-state index in [0.717, 1.165) is 11.3 Å². The van der Waals surface area contributed by atoms with Crippen LogP contribution in [0.15, 0.2) is 10.9 Å². The highest BCUT2D eigenvalue weighted by molar-refractivity contribution is 7.18. The van der Waals surface area contributed by atoms with Crippen LogP contribution in [-0.2, 0) is 25.5 Å². The number of carbonyl (C=O) groups excluding carboxylic acids is 2. The van der Waals surface area contributed by atoms with Crippen molar-refractivity contribution in [1.29, 1.82) is 0 Å². The van der Waals surface area contributed by atoms with Gasteiger partial charge in [0.15, 0.2) is 6.10 Å². The Hall–Kier alpha value is -2.42. The summed E-state index contributed by atoms with van der Waals surface area (Å²) in [7, 11) is 0. The number of hydrogen-bond acceptors (Lipinski definition) is 8. The number of ether oxygens (including phenoxy) is 3. The normalized spacial score (nSPS) is 12.0. The lowest BCUT2D eigenvalue weighted by atomic mass is 10.3. The molecule has 0 aliphatic heterocycles. The van der Waals surface area contributed by atoms with Crippen LogP contribution in [-0.4, -0.2) is 41.2 Å². The SMILES string of the molecule is CCc1cc2c(=O)[nH]c(OCC(COC(C)=O)OC(C)=O)nc2s1. The zero-order valence-electron chi connectivity index (χ0n) is 13.6. The van der Waals surface area contributed by atoms with Crippen LogP contribution in [0.2, 0.25) is 0 Å². The van der Waals surface area contributed by atoms with E-state index in [1.807, 2.05) is 6.92 Å². The van der Waals surface area contributed by atoms with Crippen LogP contribution in [0.5, 0.6) is 6.01 Å². The van der Waals surface area contributed by atoms with E-state index in [2.05, 4.69) is 9.97 Å². The quantitative estimate of drug-likeness (QED) is 0.749. The van der Waals surface area contributed by atoms with Crippen molar-refractivity contribution in [3.8, 4) is 6.01 Å². The van der Waals surface area contributed by atoms with Crippen molar-refractivity contribution < 1.29 is 23.8 Å². The minimum absolute atomic E-state index is 0.0250. The van der Waals surface area contributed by atoms with Crippen LogP contribution >= 0.6 is 11.3 Å². The van der Waals surface area contributed by atoms with Gasteiger partial charge in [0.2, 0.25) is 0 Å². The van der Waals surface area contributed by atoms with Crippen LogP contribution in [0.25, 0.3) is 10.2 Å². The van der Waals surface area contributed by atoms with Crippen molar-refractivity contribution in [3.63, 3.8) is 0 Å². The number of aromatic nitrogens is 2. The van der Waals surface area contributed by atoms with Crippen molar-refractivity contribution in [2.45, 2.75) is 33.3 Å². The van der Waals surface area contributed by atoms with Gasteiger partial charge >= 0.3 is 11.9 Å². The van der Waals surface area contributed by atoms with Gasteiger partial charge in [-0.1, -0.05) is 6.92 Å². The Bertz CT molecular complexity index is 797. The number of nitrogens with one attached hydrogen (secondary N) is 1. The average Bonchev–Trinajstić information content (AvgIpc) is 2.93. The summed E-state index contributed by atoms with van der Waals surface area (Å²) < 4.78 is 15.2. The first-order valence-corrected chi connectivity index (χ1v) is 8.16. The van der Waals surface area contributed by atoms with Gasteiger partial charge in [-0.25, -0.2) is 0 Å². The van der Waals surface area contributed by atoms with Gasteiger partial charge in [-0.2, -0.15) is 4.98 Å². The fraction of sp³-hybridized carbons (Fsp3) is 0.467. The van der Waals surface area contributed by atoms with Crippen molar-refractivity contribution in [3.05, 3.63) is 21.3 Å². The number of aryl methyl sites for hydroxylation is 1. The summed E-state index contributed by atoms with van der Waals surface area (Å²) in [5.41, 5.74) is -0.296. The first-order chi connectivity index (χ1) is 11.4. The highest BCUT2D eigenvalue weighted by Gasteiger charge is 2.16. The maximum Gasteiger partial charge on any atom is 0.303 e. The number of thiophene rings is 1. The fourth-order valence-electron chi connectivity index (χ4n) is 1.94. The second-order valence-electron chi connectivity index (χ2n) is 5.00. The van der Waals surface area contributed by atoms with Crippen LogP contribution in [0.4, 0.5) is 0 Å². The lowest BCUT2D eigenvalue weighted by Gasteiger charge is -2.16. The molecule has 0 radical (unpaired) electrons. The van der Waals surface area contributed by atoms with Gasteiger partial charge in [-0.15, -0.1) is 11.3 Å². The van der Waals surface area contributed by atoms with Gasteiger partial charge in [0, 0.05) is 18.7 Å². The molecule has 1 atom stereocenters. The standard InChI is InChI=1S/C15H18N2O6S/c1-4-11-5-12-13(20)16-15(17-14(12)24-11)22-7-10(23-9(3)19)6-21-8(2)18/h5,10H,4,6-7H2,1-3H3,(H,16,17,20). The average molecular weight is 354 g/mol. The molecule has 0 bridgehead atoms. The van der Waals surface area contributed by atoms with Crippen LogP contribution in [0.1, 0.15) is 25.6 Å². The number of aromatic amines is 1. The molecule has 9 heteroatoms. The molecular weight excluding hydrogens is 336 g/mol. The van der Waals surface area contributed by atoms with Crippen molar-refractivity contribution in [2.24, 2.45) is 0 Å². The number of hydrogen-bond donors (Lipinski definition) is 1. The molecule has 0 saturated heterocycles. The van der Waals surface area contributed by atoms with Gasteiger partial charge in [-0.3, -0.25) is 19.4 Å². The highest BCUT2D eigenvalue weighted by atomic mass is 32.1. The molecule has 0 saturated carbocycles. The summed E-state index contributed by atoms with van der Waals surface area (Å²) in [5, 5.41) is 0.514. The molecule has 0 aliphatic carbocycles. The molecule has 2 aromatic rings. The molecule has 1 unspecified atom stereocenters. The zero-order valence-corrected chi connectivity index (χ0v) is 14.4. The third kappa shape index (κ3) is 4.79. The van der Waals surface area contributed by atoms with E-state index in [9.17, 15) is 14.4 Å². The number of fused-ring (bicyclic) bond motifs is 1. The summed E-state index contributed by atoms with van der Waals surface area (Å²) in [6, 6.07) is 1.83. The van der Waals surface area contributed by atoms with Crippen molar-refractivity contribution in [2.75, 3.05) is 13.2 Å². The molecular formula is C15H18N2O6S. The van der Waals surface area contributed by atoms with E-state index in [1.165, 1.54) is 25.2 Å². The maximum absolute atomic E-state index is 12.0. The number of H-pyrrole nitrogens is 1. The molecule has 0 amide bonds. The molecule has 0 fully saturated rings. The van der Waals surface area contributed by atoms with Gasteiger partial charge in [0.25, 0.3) is 11.6 Å². The summed E-state index contributed by atoms with van der Waals surface area (Å²) in [6.45, 7) is 4.24. The van der Waals surface area contributed by atoms with E-state index in [-0.39, 0.29) is 24.8 Å². The Morgan fingerprint density at radius 1 is 1.29 bits per heavy atom. The molecule has 130 valence electrons. The molecule has 1 N–H and O–H groups in total. The summed E-state index contributed by atoms with van der Waals surface area (Å²) >= 11 is 1.42. The van der Waals surface area contributed by atoms with Crippen LogP contribution < -0.4 is 10.3 Å². The van der Waals surface area contributed by atoms with Gasteiger partial charge in [0.05, 0.1) is 5.39 Å². The molecule has 0 aliphatic rings. The van der Waals surface area contributed by atoms with E-state index < -0.39 is 18.0 Å². The number of carbonyl (C=O) groups is 2. The Labute approximate surface area is 141 Å². The lowest BCUT2D eigenvalue weighted by Crippen LogP contribution is -2.30. The number of nitrogens with zero attached hydrogens (tertiary/aromatic N) is 1. The lowest BCUT2D eigenvalue weighted by molar-refractivity contribution is -0.158. The van der Waals surface area contributed by atoms with E-state index >= 15 is 0 Å². The summed E-state index contributed by atoms with van der Waals surface area (Å²) in [6.07, 6.45) is 0.0232. The first-order valence-electron chi connectivity index (χ1n) is 7.35. The predicted molar refractivity (Wildman–Crippen MR) is 87.3 cm³/mol. The summed E-state index contributed by atoms with van der Waals surface area (Å²) in [4.78, 5) is 42.4. The van der Waals surface area contributed by atoms with E-state index in [0.29, 0.717) is 10.2 Å². The first kappa shape index (κ1) is 17.9.